The molecule has 0 unspecified atom stereocenters. The lowest BCUT2D eigenvalue weighted by molar-refractivity contribution is -0.133. The maximum absolute atomic E-state index is 13.0. The molecule has 3 aliphatic heterocycles. The molecule has 0 spiro atoms. The summed E-state index contributed by atoms with van der Waals surface area (Å²) in [6, 6.07) is 8.97. The van der Waals surface area contributed by atoms with E-state index in [1.54, 1.807) is 0 Å². The maximum atomic E-state index is 13.0. The zero-order valence-electron chi connectivity index (χ0n) is 12.8. The number of benzene rings is 1. The Labute approximate surface area is 139 Å². The summed E-state index contributed by atoms with van der Waals surface area (Å²) >= 11 is 1.47. The van der Waals surface area contributed by atoms with E-state index in [1.165, 1.54) is 27.7 Å². The van der Waals surface area contributed by atoms with Gasteiger partial charge in [-0.05, 0) is 42.4 Å². The SMILES string of the molecule is O=C(CN1CCc2ccccc21)N1[C@H]2CC[C@H]1c1snnc1C2. The van der Waals surface area contributed by atoms with E-state index >= 15 is 0 Å². The highest BCUT2D eigenvalue weighted by Crippen LogP contribution is 2.44. The summed E-state index contributed by atoms with van der Waals surface area (Å²) in [6.07, 6.45) is 4.07. The quantitative estimate of drug-likeness (QED) is 0.849. The second-order valence-electron chi connectivity index (χ2n) is 6.64. The third-order valence-corrected chi connectivity index (χ3v) is 6.28. The molecule has 1 saturated heterocycles. The van der Waals surface area contributed by atoms with Crippen LogP contribution in [0.25, 0.3) is 0 Å². The normalized spacial score (nSPS) is 24.7. The molecule has 23 heavy (non-hydrogen) atoms. The Morgan fingerprint density at radius 3 is 3.17 bits per heavy atom. The smallest absolute Gasteiger partial charge is 0.242 e. The number of aromatic nitrogens is 2. The van der Waals surface area contributed by atoms with Gasteiger partial charge in [-0.3, -0.25) is 4.79 Å². The first-order valence-corrected chi connectivity index (χ1v) is 9.04. The predicted octanol–water partition coefficient (Wildman–Crippen LogP) is 2.19. The fourth-order valence-electron chi connectivity index (χ4n) is 4.37. The van der Waals surface area contributed by atoms with Gasteiger partial charge in [-0.2, -0.15) is 0 Å². The van der Waals surface area contributed by atoms with Crippen LogP contribution in [0.3, 0.4) is 0 Å². The van der Waals surface area contributed by atoms with Gasteiger partial charge in [-0.15, -0.1) is 5.10 Å². The highest BCUT2D eigenvalue weighted by Gasteiger charge is 2.44. The van der Waals surface area contributed by atoms with Crippen molar-refractivity contribution in [3.63, 3.8) is 0 Å². The van der Waals surface area contributed by atoms with Crippen LogP contribution >= 0.6 is 11.5 Å². The topological polar surface area (TPSA) is 49.3 Å². The first kappa shape index (κ1) is 13.5. The molecular formula is C17H18N4OS. The van der Waals surface area contributed by atoms with Crippen LogP contribution in [0.1, 0.15) is 35.0 Å². The van der Waals surface area contributed by atoms with Crippen LogP contribution in [0, 0.1) is 0 Å². The molecule has 1 aromatic heterocycles. The summed E-state index contributed by atoms with van der Waals surface area (Å²) in [7, 11) is 0. The summed E-state index contributed by atoms with van der Waals surface area (Å²) in [4.78, 5) is 18.6. The lowest BCUT2D eigenvalue weighted by Gasteiger charge is -2.35. The van der Waals surface area contributed by atoms with Gasteiger partial charge in [0, 0.05) is 24.7 Å². The minimum Gasteiger partial charge on any atom is -0.362 e. The molecule has 0 saturated carbocycles. The largest absolute Gasteiger partial charge is 0.362 e. The zero-order valence-corrected chi connectivity index (χ0v) is 13.6. The third kappa shape index (κ3) is 2.01. The molecule has 0 aliphatic carbocycles. The van der Waals surface area contributed by atoms with E-state index in [0.717, 1.165) is 37.9 Å². The van der Waals surface area contributed by atoms with Gasteiger partial charge in [0.15, 0.2) is 0 Å². The fourth-order valence-corrected chi connectivity index (χ4v) is 5.18. The van der Waals surface area contributed by atoms with Gasteiger partial charge in [0.25, 0.3) is 0 Å². The van der Waals surface area contributed by atoms with Crippen molar-refractivity contribution in [2.45, 2.75) is 37.8 Å². The third-order valence-electron chi connectivity index (χ3n) is 5.42. The van der Waals surface area contributed by atoms with Crippen molar-refractivity contribution in [1.82, 2.24) is 14.5 Å². The van der Waals surface area contributed by atoms with E-state index in [9.17, 15) is 4.79 Å². The summed E-state index contributed by atoms with van der Waals surface area (Å²) in [6.45, 7) is 1.44. The number of rotatable bonds is 2. The van der Waals surface area contributed by atoms with Crippen LogP contribution in [-0.4, -0.2) is 39.5 Å². The molecule has 2 atom stereocenters. The second kappa shape index (κ2) is 5.03. The Bertz CT molecular complexity index is 773. The summed E-state index contributed by atoms with van der Waals surface area (Å²) in [5, 5.41) is 4.24. The molecule has 3 aliphatic rings. The van der Waals surface area contributed by atoms with Crippen LogP contribution in [-0.2, 0) is 17.6 Å². The highest BCUT2D eigenvalue weighted by atomic mass is 32.1. The Morgan fingerprint density at radius 2 is 2.22 bits per heavy atom. The Morgan fingerprint density at radius 1 is 1.30 bits per heavy atom. The highest BCUT2D eigenvalue weighted by molar-refractivity contribution is 7.05. The molecule has 5 nitrogen and oxygen atoms in total. The first-order chi connectivity index (χ1) is 11.3. The predicted molar refractivity (Wildman–Crippen MR) is 88.6 cm³/mol. The Hall–Kier alpha value is -1.95. The van der Waals surface area contributed by atoms with E-state index in [1.807, 2.05) is 0 Å². The minimum absolute atomic E-state index is 0.217. The van der Waals surface area contributed by atoms with Gasteiger partial charge in [0.2, 0.25) is 5.91 Å². The van der Waals surface area contributed by atoms with Crippen molar-refractivity contribution < 1.29 is 4.79 Å². The van der Waals surface area contributed by atoms with Crippen molar-refractivity contribution in [2.24, 2.45) is 0 Å². The molecule has 0 radical (unpaired) electrons. The van der Waals surface area contributed by atoms with Crippen LogP contribution < -0.4 is 4.90 Å². The molecular weight excluding hydrogens is 308 g/mol. The molecule has 4 heterocycles. The number of carbonyl (C=O) groups excluding carboxylic acids is 1. The van der Waals surface area contributed by atoms with Crippen molar-refractivity contribution in [3.05, 3.63) is 40.4 Å². The number of fused-ring (bicyclic) bond motifs is 5. The van der Waals surface area contributed by atoms with Gasteiger partial charge >= 0.3 is 0 Å². The number of hydrogen-bond donors (Lipinski definition) is 0. The van der Waals surface area contributed by atoms with Crippen LogP contribution in [0.4, 0.5) is 5.69 Å². The van der Waals surface area contributed by atoms with Gasteiger partial charge in [-0.1, -0.05) is 22.7 Å². The number of carbonyl (C=O) groups is 1. The van der Waals surface area contributed by atoms with Crippen LogP contribution in [0.15, 0.2) is 24.3 Å². The molecule has 0 N–H and O–H groups in total. The van der Waals surface area contributed by atoms with Gasteiger partial charge in [0.1, 0.15) is 0 Å². The standard InChI is InChI=1S/C17H18N4OS/c22-16(10-20-8-7-11-3-1-2-4-14(11)20)21-12-5-6-15(21)17-13(9-12)18-19-23-17/h1-4,12,15H,5-10H2/t12-,15-/m0/s1. The van der Waals surface area contributed by atoms with Gasteiger partial charge < -0.3 is 9.80 Å². The Kier molecular flexibility index (Phi) is 2.95. The van der Waals surface area contributed by atoms with E-state index in [4.69, 9.17) is 0 Å². The average Bonchev–Trinajstić information content (AvgIpc) is 3.26. The molecule has 2 bridgehead atoms. The molecule has 2 aromatic rings. The van der Waals surface area contributed by atoms with E-state index in [-0.39, 0.29) is 11.9 Å². The van der Waals surface area contributed by atoms with Gasteiger partial charge in [-0.25, -0.2) is 0 Å². The van der Waals surface area contributed by atoms with E-state index in [2.05, 4.69) is 43.7 Å². The number of nitrogens with zero attached hydrogens (tertiary/aromatic N) is 4. The summed E-state index contributed by atoms with van der Waals surface area (Å²) in [5.41, 5.74) is 3.71. The van der Waals surface area contributed by atoms with E-state index < -0.39 is 0 Å². The minimum atomic E-state index is 0.217. The van der Waals surface area contributed by atoms with Gasteiger partial charge in [0.05, 0.1) is 23.2 Å². The van der Waals surface area contributed by atoms with Crippen LogP contribution in [0.2, 0.25) is 0 Å². The number of amides is 1. The van der Waals surface area contributed by atoms with Crippen LogP contribution in [0.5, 0.6) is 0 Å². The molecule has 1 aromatic carbocycles. The molecule has 118 valence electrons. The molecule has 1 amide bonds. The zero-order chi connectivity index (χ0) is 15.4. The molecule has 5 rings (SSSR count). The first-order valence-electron chi connectivity index (χ1n) is 8.26. The van der Waals surface area contributed by atoms with Crippen molar-refractivity contribution in [2.75, 3.05) is 18.0 Å². The molecule has 1 fully saturated rings. The van der Waals surface area contributed by atoms with E-state index in [0.29, 0.717) is 12.6 Å². The fraction of sp³-hybridized carbons (Fsp3) is 0.471. The molecule has 6 heteroatoms. The lowest BCUT2D eigenvalue weighted by Crippen LogP contribution is -2.46. The second-order valence-corrected chi connectivity index (χ2v) is 7.42. The summed E-state index contributed by atoms with van der Waals surface area (Å²) < 4.78 is 4.09. The average molecular weight is 326 g/mol. The number of hydrogen-bond acceptors (Lipinski definition) is 5. The Balaban J connectivity index is 1.39. The van der Waals surface area contributed by atoms with Crippen molar-refractivity contribution in [1.29, 1.82) is 0 Å². The van der Waals surface area contributed by atoms with Crippen molar-refractivity contribution >= 4 is 23.1 Å². The lowest BCUT2D eigenvalue weighted by atomic mass is 10.1. The summed E-state index contributed by atoms with van der Waals surface area (Å²) in [5.74, 6) is 0.258. The number of para-hydroxylation sites is 1. The maximum Gasteiger partial charge on any atom is 0.242 e. The van der Waals surface area contributed by atoms with Crippen molar-refractivity contribution in [3.8, 4) is 0 Å². The monoisotopic (exact) mass is 326 g/mol. The number of anilines is 1.